The molecule has 0 atom stereocenters. The number of primary sulfonamides is 1. The smallest absolute Gasteiger partial charge is 0.321 e. The lowest BCUT2D eigenvalue weighted by atomic mass is 10.1. The van der Waals surface area contributed by atoms with Gasteiger partial charge >= 0.3 is 6.03 Å². The van der Waals surface area contributed by atoms with Crippen LogP contribution < -0.4 is 10.5 Å². The van der Waals surface area contributed by atoms with Gasteiger partial charge in [-0.05, 0) is 49.7 Å². The molecule has 0 aromatic heterocycles. The van der Waals surface area contributed by atoms with Gasteiger partial charge in [0.1, 0.15) is 0 Å². The number of hydrogen-bond donors (Lipinski definition) is 2. The number of amides is 3. The summed E-state index contributed by atoms with van der Waals surface area (Å²) in [5, 5.41) is 7.82. The topological polar surface area (TPSA) is 113 Å². The highest BCUT2D eigenvalue weighted by molar-refractivity contribution is 7.89. The van der Waals surface area contributed by atoms with Crippen LogP contribution in [0.1, 0.15) is 22.3 Å². The standard InChI is InChI=1S/C20H24N4O4S/c1-15-4-2-5-16(14-15)19(25)23-10-3-11-24(13-12-23)20(26)22-17-6-8-18(9-7-17)29(21,27)28/h2,4-9,14H,3,10-13H2,1H3,(H,22,26)(H2,21,27,28). The Labute approximate surface area is 170 Å². The van der Waals surface area contributed by atoms with Gasteiger partial charge in [-0.25, -0.2) is 18.4 Å². The number of nitrogens with one attached hydrogen (secondary N) is 1. The van der Waals surface area contributed by atoms with Gasteiger partial charge in [-0.2, -0.15) is 0 Å². The molecule has 0 aliphatic carbocycles. The minimum atomic E-state index is -3.77. The molecular weight excluding hydrogens is 392 g/mol. The van der Waals surface area contributed by atoms with E-state index in [2.05, 4.69) is 5.32 Å². The zero-order chi connectivity index (χ0) is 21.0. The number of rotatable bonds is 3. The molecule has 2 aromatic carbocycles. The van der Waals surface area contributed by atoms with Crippen molar-refractivity contribution in [3.05, 3.63) is 59.7 Å². The highest BCUT2D eigenvalue weighted by Crippen LogP contribution is 2.15. The number of nitrogens with two attached hydrogens (primary N) is 1. The number of sulfonamides is 1. The third-order valence-corrected chi connectivity index (χ3v) is 5.70. The molecule has 1 aliphatic rings. The first-order valence-electron chi connectivity index (χ1n) is 9.29. The maximum atomic E-state index is 12.7. The molecule has 3 rings (SSSR count). The van der Waals surface area contributed by atoms with E-state index < -0.39 is 10.0 Å². The minimum Gasteiger partial charge on any atom is -0.337 e. The van der Waals surface area contributed by atoms with Crippen LogP contribution in [0.4, 0.5) is 10.5 Å². The van der Waals surface area contributed by atoms with Crippen molar-refractivity contribution in [3.8, 4) is 0 Å². The van der Waals surface area contributed by atoms with Crippen molar-refractivity contribution in [2.45, 2.75) is 18.2 Å². The molecule has 1 aliphatic heterocycles. The molecule has 3 amide bonds. The van der Waals surface area contributed by atoms with Crippen molar-refractivity contribution in [2.75, 3.05) is 31.5 Å². The predicted octanol–water partition coefficient (Wildman–Crippen LogP) is 2.02. The van der Waals surface area contributed by atoms with Crippen LogP contribution in [-0.2, 0) is 10.0 Å². The van der Waals surface area contributed by atoms with Gasteiger partial charge in [-0.15, -0.1) is 0 Å². The summed E-state index contributed by atoms with van der Waals surface area (Å²) in [6.07, 6.45) is 0.676. The highest BCUT2D eigenvalue weighted by Gasteiger charge is 2.23. The molecule has 2 aromatic rings. The molecular formula is C20H24N4O4S. The monoisotopic (exact) mass is 416 g/mol. The van der Waals surface area contributed by atoms with Gasteiger partial charge in [0, 0.05) is 37.4 Å². The summed E-state index contributed by atoms with van der Waals surface area (Å²) in [5.41, 5.74) is 2.15. The van der Waals surface area contributed by atoms with E-state index in [1.54, 1.807) is 15.9 Å². The van der Waals surface area contributed by atoms with E-state index >= 15 is 0 Å². The van der Waals surface area contributed by atoms with Crippen molar-refractivity contribution >= 4 is 27.6 Å². The summed E-state index contributed by atoms with van der Waals surface area (Å²) >= 11 is 0. The first-order chi connectivity index (χ1) is 13.7. The zero-order valence-electron chi connectivity index (χ0n) is 16.2. The molecule has 1 heterocycles. The molecule has 154 valence electrons. The van der Waals surface area contributed by atoms with Gasteiger partial charge in [0.2, 0.25) is 10.0 Å². The first kappa shape index (κ1) is 20.8. The molecule has 8 nitrogen and oxygen atoms in total. The summed E-state index contributed by atoms with van der Waals surface area (Å²) in [5.74, 6) is -0.0328. The van der Waals surface area contributed by atoms with Crippen molar-refractivity contribution < 1.29 is 18.0 Å². The summed E-state index contributed by atoms with van der Waals surface area (Å²) in [7, 11) is -3.77. The second kappa shape index (κ2) is 8.62. The lowest BCUT2D eigenvalue weighted by Gasteiger charge is -2.22. The number of nitrogens with zero attached hydrogens (tertiary/aromatic N) is 2. The number of carbonyl (C=O) groups is 2. The van der Waals surface area contributed by atoms with E-state index in [1.165, 1.54) is 24.3 Å². The second-order valence-electron chi connectivity index (χ2n) is 7.00. The fourth-order valence-electron chi connectivity index (χ4n) is 3.21. The Balaban J connectivity index is 1.60. The fraction of sp³-hybridized carbons (Fsp3) is 0.300. The SMILES string of the molecule is Cc1cccc(C(=O)N2CCCN(C(=O)Nc3ccc(S(N)(=O)=O)cc3)CC2)c1. The van der Waals surface area contributed by atoms with Crippen LogP contribution in [0.15, 0.2) is 53.4 Å². The summed E-state index contributed by atoms with van der Waals surface area (Å²) in [6.45, 7) is 3.92. The van der Waals surface area contributed by atoms with E-state index in [9.17, 15) is 18.0 Å². The third kappa shape index (κ3) is 5.33. The Morgan fingerprint density at radius 3 is 2.28 bits per heavy atom. The van der Waals surface area contributed by atoms with Crippen molar-refractivity contribution in [1.29, 1.82) is 0 Å². The van der Waals surface area contributed by atoms with Crippen LogP contribution in [0, 0.1) is 6.92 Å². The van der Waals surface area contributed by atoms with Gasteiger partial charge in [-0.1, -0.05) is 17.7 Å². The number of benzene rings is 2. The Bertz CT molecular complexity index is 1010. The van der Waals surface area contributed by atoms with Crippen molar-refractivity contribution in [3.63, 3.8) is 0 Å². The summed E-state index contributed by atoms with van der Waals surface area (Å²) < 4.78 is 22.6. The van der Waals surface area contributed by atoms with Crippen molar-refractivity contribution in [2.24, 2.45) is 5.14 Å². The van der Waals surface area contributed by atoms with Gasteiger partial charge in [0.15, 0.2) is 0 Å². The predicted molar refractivity (Wildman–Crippen MR) is 110 cm³/mol. The molecule has 9 heteroatoms. The largest absolute Gasteiger partial charge is 0.337 e. The van der Waals surface area contributed by atoms with Crippen LogP contribution >= 0.6 is 0 Å². The number of hydrogen-bond acceptors (Lipinski definition) is 4. The Morgan fingerprint density at radius 2 is 1.62 bits per heavy atom. The summed E-state index contributed by atoms with van der Waals surface area (Å²) in [4.78, 5) is 28.7. The molecule has 0 spiro atoms. The average Bonchev–Trinajstić information content (AvgIpc) is 2.93. The van der Waals surface area contributed by atoms with E-state index in [0.29, 0.717) is 43.9 Å². The first-order valence-corrected chi connectivity index (χ1v) is 10.8. The summed E-state index contributed by atoms with van der Waals surface area (Å²) in [6, 6.07) is 12.8. The van der Waals surface area contributed by atoms with Crippen LogP contribution in [0.25, 0.3) is 0 Å². The normalized spacial score (nSPS) is 15.0. The van der Waals surface area contributed by atoms with E-state index in [1.807, 2.05) is 25.1 Å². The third-order valence-electron chi connectivity index (χ3n) is 4.77. The second-order valence-corrected chi connectivity index (χ2v) is 8.56. The maximum absolute atomic E-state index is 12.7. The van der Waals surface area contributed by atoms with E-state index in [0.717, 1.165) is 5.56 Å². The number of anilines is 1. The molecule has 0 saturated carbocycles. The lowest BCUT2D eigenvalue weighted by molar-refractivity contribution is 0.0762. The molecule has 1 fully saturated rings. The molecule has 1 saturated heterocycles. The molecule has 0 radical (unpaired) electrons. The zero-order valence-corrected chi connectivity index (χ0v) is 17.0. The Hall–Kier alpha value is -2.91. The van der Waals surface area contributed by atoms with Gasteiger partial charge < -0.3 is 15.1 Å². The van der Waals surface area contributed by atoms with Crippen LogP contribution in [-0.4, -0.2) is 56.3 Å². The molecule has 0 bridgehead atoms. The van der Waals surface area contributed by atoms with Gasteiger partial charge in [0.05, 0.1) is 4.90 Å². The van der Waals surface area contributed by atoms with E-state index in [4.69, 9.17) is 5.14 Å². The van der Waals surface area contributed by atoms with Crippen LogP contribution in [0.3, 0.4) is 0 Å². The fourth-order valence-corrected chi connectivity index (χ4v) is 3.73. The van der Waals surface area contributed by atoms with Gasteiger partial charge in [-0.3, -0.25) is 4.79 Å². The average molecular weight is 417 g/mol. The molecule has 3 N–H and O–H groups in total. The Morgan fingerprint density at radius 1 is 0.966 bits per heavy atom. The van der Waals surface area contributed by atoms with Crippen LogP contribution in [0.2, 0.25) is 0 Å². The quantitative estimate of drug-likeness (QED) is 0.797. The maximum Gasteiger partial charge on any atom is 0.321 e. The van der Waals surface area contributed by atoms with Crippen LogP contribution in [0.5, 0.6) is 0 Å². The number of carbonyl (C=O) groups excluding carboxylic acids is 2. The lowest BCUT2D eigenvalue weighted by Crippen LogP contribution is -2.39. The van der Waals surface area contributed by atoms with Gasteiger partial charge in [0.25, 0.3) is 5.91 Å². The molecule has 0 unspecified atom stereocenters. The van der Waals surface area contributed by atoms with E-state index in [-0.39, 0.29) is 16.8 Å². The highest BCUT2D eigenvalue weighted by atomic mass is 32.2. The van der Waals surface area contributed by atoms with Crippen molar-refractivity contribution in [1.82, 2.24) is 9.80 Å². The number of urea groups is 1. The number of aryl methyl sites for hydroxylation is 1. The molecule has 29 heavy (non-hydrogen) atoms. The Kier molecular flexibility index (Phi) is 6.19. The minimum absolute atomic E-state index is 0.0180.